The third-order valence-electron chi connectivity index (χ3n) is 3.30. The molecule has 0 bridgehead atoms. The Morgan fingerprint density at radius 3 is 2.79 bits per heavy atom. The number of phenols is 1. The third kappa shape index (κ3) is 3.52. The minimum absolute atomic E-state index is 0.0655. The summed E-state index contributed by atoms with van der Waals surface area (Å²) in [6, 6.07) is 11.9. The van der Waals surface area contributed by atoms with E-state index in [1.54, 1.807) is 12.1 Å². The van der Waals surface area contributed by atoms with Crippen LogP contribution in [0.1, 0.15) is 15.9 Å². The molecule has 0 fully saturated rings. The molecule has 1 heterocycles. The van der Waals surface area contributed by atoms with Crippen molar-refractivity contribution in [3.8, 4) is 5.75 Å². The zero-order valence-electron chi connectivity index (χ0n) is 12.4. The summed E-state index contributed by atoms with van der Waals surface area (Å²) in [6.07, 6.45) is 0. The Morgan fingerprint density at radius 1 is 1.33 bits per heavy atom. The first-order valence-corrected chi connectivity index (χ1v) is 8.33. The number of nitrogens with zero attached hydrogens (tertiary/aromatic N) is 2. The summed E-state index contributed by atoms with van der Waals surface area (Å²) in [5, 5.41) is 15.1. The minimum Gasteiger partial charge on any atom is -0.507 e. The predicted molar refractivity (Wildman–Crippen MR) is 97.3 cm³/mol. The predicted octanol–water partition coefficient (Wildman–Crippen LogP) is 2.87. The number of amides is 1. The lowest BCUT2D eigenvalue weighted by Gasteiger charge is -2.15. The van der Waals surface area contributed by atoms with E-state index in [9.17, 15) is 9.90 Å². The minimum atomic E-state index is -0.688. The fourth-order valence-corrected chi connectivity index (χ4v) is 3.04. The summed E-state index contributed by atoms with van der Waals surface area (Å²) >= 11 is 7.54. The van der Waals surface area contributed by atoms with Gasteiger partial charge in [0.25, 0.3) is 5.91 Å². The molecule has 1 aliphatic rings. The number of carbonyl (C=O) groups excluding carboxylic acids is 1. The molecule has 0 unspecified atom stereocenters. The van der Waals surface area contributed by atoms with Crippen LogP contribution in [-0.2, 0) is 0 Å². The molecule has 2 aromatic carbocycles. The fourth-order valence-electron chi connectivity index (χ4n) is 2.09. The Labute approximate surface area is 147 Å². The van der Waals surface area contributed by atoms with E-state index in [1.807, 2.05) is 18.2 Å². The van der Waals surface area contributed by atoms with Crippen molar-refractivity contribution in [2.24, 2.45) is 15.8 Å². The maximum atomic E-state index is 11.3. The van der Waals surface area contributed by atoms with Crippen molar-refractivity contribution < 1.29 is 9.90 Å². The highest BCUT2D eigenvalue weighted by Gasteiger charge is 2.16. The topological polar surface area (TPSA) is 100 Å². The van der Waals surface area contributed by atoms with Crippen LogP contribution in [0.2, 0.25) is 5.02 Å². The monoisotopic (exact) mass is 360 g/mol. The van der Waals surface area contributed by atoms with Gasteiger partial charge in [-0.1, -0.05) is 35.5 Å². The molecule has 2 aromatic rings. The van der Waals surface area contributed by atoms with Crippen LogP contribution < -0.4 is 11.2 Å². The lowest BCUT2D eigenvalue weighted by Crippen LogP contribution is -2.25. The first kappa shape index (κ1) is 16.4. The maximum absolute atomic E-state index is 11.3. The molecule has 0 atom stereocenters. The molecule has 6 nitrogen and oxygen atoms in total. The molecule has 0 radical (unpaired) electrons. The van der Waals surface area contributed by atoms with Crippen LogP contribution >= 0.6 is 23.4 Å². The average Bonchev–Trinajstić information content (AvgIpc) is 2.58. The molecule has 1 aliphatic heterocycles. The van der Waals surface area contributed by atoms with Crippen molar-refractivity contribution in [3.05, 3.63) is 58.6 Å². The largest absolute Gasteiger partial charge is 0.507 e. The number of aliphatic imine (C=N–C) groups is 1. The molecule has 0 saturated heterocycles. The summed E-state index contributed by atoms with van der Waals surface area (Å²) in [6.45, 7) is 0. The van der Waals surface area contributed by atoms with Crippen LogP contribution in [-0.4, -0.2) is 27.6 Å². The van der Waals surface area contributed by atoms with E-state index in [4.69, 9.17) is 17.3 Å². The van der Waals surface area contributed by atoms with Gasteiger partial charge in [-0.15, -0.1) is 0 Å². The number of para-hydroxylation sites is 1. The molecule has 0 saturated carbocycles. The van der Waals surface area contributed by atoms with E-state index in [1.165, 1.54) is 23.9 Å². The number of halogens is 1. The van der Waals surface area contributed by atoms with E-state index in [2.05, 4.69) is 15.5 Å². The number of aromatic hydroxyl groups is 1. The molecule has 0 aliphatic carbocycles. The Balaban J connectivity index is 1.82. The Kier molecular flexibility index (Phi) is 4.73. The number of hydrazone groups is 1. The SMILES string of the molecule is NC(=O)c1cc(C2=NNC(=Nc3ccccc3Cl)SC2)ccc1O. The second-order valence-corrected chi connectivity index (χ2v) is 6.29. The fraction of sp³-hybridized carbons (Fsp3) is 0.0625. The lowest BCUT2D eigenvalue weighted by molar-refractivity contribution is 0.0998. The number of nitrogens with two attached hydrogens (primary N) is 1. The van der Waals surface area contributed by atoms with Gasteiger partial charge in [0.05, 0.1) is 22.0 Å². The smallest absolute Gasteiger partial charge is 0.252 e. The van der Waals surface area contributed by atoms with Gasteiger partial charge < -0.3 is 10.8 Å². The van der Waals surface area contributed by atoms with E-state index in [0.29, 0.717) is 27.2 Å². The van der Waals surface area contributed by atoms with Gasteiger partial charge in [0.1, 0.15) is 5.75 Å². The van der Waals surface area contributed by atoms with E-state index < -0.39 is 5.91 Å². The van der Waals surface area contributed by atoms with Crippen LogP contribution in [0.4, 0.5) is 5.69 Å². The summed E-state index contributed by atoms with van der Waals surface area (Å²) in [5.41, 5.74) is 10.3. The van der Waals surface area contributed by atoms with Crippen molar-refractivity contribution in [2.75, 3.05) is 5.75 Å². The highest BCUT2D eigenvalue weighted by atomic mass is 35.5. The van der Waals surface area contributed by atoms with Gasteiger partial charge in [0, 0.05) is 5.75 Å². The standard InChI is InChI=1S/C16H13ClN4O2S/c17-11-3-1-2-4-12(11)19-16-21-20-13(8-24-16)9-5-6-14(22)10(7-9)15(18)23/h1-7,22H,8H2,(H2,18,23)(H,19,21). The van der Waals surface area contributed by atoms with Gasteiger partial charge in [-0.2, -0.15) is 5.10 Å². The molecule has 122 valence electrons. The van der Waals surface area contributed by atoms with Gasteiger partial charge >= 0.3 is 0 Å². The summed E-state index contributed by atoms with van der Waals surface area (Å²) in [4.78, 5) is 15.7. The Bertz CT molecular complexity index is 867. The Morgan fingerprint density at radius 2 is 2.12 bits per heavy atom. The first-order valence-electron chi connectivity index (χ1n) is 6.96. The molecule has 4 N–H and O–H groups in total. The first-order chi connectivity index (χ1) is 11.5. The normalized spacial score (nSPS) is 15.7. The summed E-state index contributed by atoms with van der Waals surface area (Å²) in [7, 11) is 0. The third-order valence-corrected chi connectivity index (χ3v) is 4.50. The zero-order valence-corrected chi connectivity index (χ0v) is 13.9. The molecular formula is C16H13ClN4O2S. The van der Waals surface area contributed by atoms with Crippen LogP contribution in [0.5, 0.6) is 5.75 Å². The molecule has 0 aromatic heterocycles. The Hall–Kier alpha value is -2.51. The van der Waals surface area contributed by atoms with Crippen molar-refractivity contribution in [1.29, 1.82) is 0 Å². The number of nitrogens with one attached hydrogen (secondary N) is 1. The zero-order chi connectivity index (χ0) is 17.1. The van der Waals surface area contributed by atoms with Gasteiger partial charge in [-0.3, -0.25) is 10.2 Å². The van der Waals surface area contributed by atoms with Gasteiger partial charge in [-0.05, 0) is 35.9 Å². The number of benzene rings is 2. The van der Waals surface area contributed by atoms with Gasteiger partial charge in [-0.25, -0.2) is 4.99 Å². The number of rotatable bonds is 3. The van der Waals surface area contributed by atoms with Crippen molar-refractivity contribution in [1.82, 2.24) is 5.43 Å². The summed E-state index contributed by atoms with van der Waals surface area (Å²) < 4.78 is 0. The highest BCUT2D eigenvalue weighted by Crippen LogP contribution is 2.26. The molecular weight excluding hydrogens is 348 g/mol. The van der Waals surface area contributed by atoms with E-state index in [0.717, 1.165) is 5.71 Å². The van der Waals surface area contributed by atoms with E-state index >= 15 is 0 Å². The van der Waals surface area contributed by atoms with Crippen molar-refractivity contribution in [3.63, 3.8) is 0 Å². The van der Waals surface area contributed by atoms with Gasteiger partial charge in [0.2, 0.25) is 0 Å². The van der Waals surface area contributed by atoms with Crippen molar-refractivity contribution in [2.45, 2.75) is 0 Å². The number of primary amides is 1. The van der Waals surface area contributed by atoms with Crippen molar-refractivity contribution >= 4 is 45.8 Å². The highest BCUT2D eigenvalue weighted by molar-refractivity contribution is 8.14. The molecule has 1 amide bonds. The second-order valence-electron chi connectivity index (χ2n) is 4.92. The van der Waals surface area contributed by atoms with Gasteiger partial charge in [0.15, 0.2) is 5.17 Å². The molecule has 8 heteroatoms. The number of hydrogen-bond donors (Lipinski definition) is 3. The number of thioether (sulfide) groups is 1. The second kappa shape index (κ2) is 6.94. The number of carbonyl (C=O) groups is 1. The van der Waals surface area contributed by atoms with Crippen LogP contribution in [0.25, 0.3) is 0 Å². The average molecular weight is 361 g/mol. The number of hydrogen-bond acceptors (Lipinski definition) is 5. The molecule has 3 rings (SSSR count). The van der Waals surface area contributed by atoms with E-state index in [-0.39, 0.29) is 11.3 Å². The van der Waals surface area contributed by atoms with Crippen LogP contribution in [0.15, 0.2) is 52.6 Å². The quantitative estimate of drug-likeness (QED) is 0.783. The molecule has 0 spiro atoms. The summed E-state index contributed by atoms with van der Waals surface area (Å²) in [5.74, 6) is -0.282. The van der Waals surface area contributed by atoms with Crippen LogP contribution in [0, 0.1) is 0 Å². The lowest BCUT2D eigenvalue weighted by atomic mass is 10.1. The molecule has 24 heavy (non-hydrogen) atoms. The van der Waals surface area contributed by atoms with Crippen LogP contribution in [0.3, 0.4) is 0 Å². The number of amidine groups is 1. The maximum Gasteiger partial charge on any atom is 0.252 e.